The molecule has 5 rings (SSSR count). The molecule has 6 nitrogen and oxygen atoms in total. The third-order valence-electron chi connectivity index (χ3n) is 6.56. The molecule has 2 aliphatic rings. The maximum Gasteiger partial charge on any atom is 0.160 e. The van der Waals surface area contributed by atoms with Gasteiger partial charge < -0.3 is 14.4 Å². The zero-order chi connectivity index (χ0) is 20.7. The molecule has 1 saturated heterocycles. The van der Waals surface area contributed by atoms with Crippen LogP contribution in [0.1, 0.15) is 54.1 Å². The molecule has 2 aliphatic heterocycles. The molecular formula is C23H27FN4O2. The van der Waals surface area contributed by atoms with E-state index in [0.29, 0.717) is 12.6 Å². The molecule has 158 valence electrons. The molecular weight excluding hydrogens is 383 g/mol. The van der Waals surface area contributed by atoms with Crippen LogP contribution < -0.4 is 4.74 Å². The number of fused-ring (bicyclic) bond motifs is 5. The molecule has 1 fully saturated rings. The molecule has 1 N–H and O–H groups in total. The van der Waals surface area contributed by atoms with Gasteiger partial charge in [0.2, 0.25) is 0 Å². The number of benzene rings is 1. The third kappa shape index (κ3) is 3.26. The van der Waals surface area contributed by atoms with E-state index in [0.717, 1.165) is 48.3 Å². The molecule has 1 aromatic carbocycles. The second-order valence-electron chi connectivity index (χ2n) is 8.21. The van der Waals surface area contributed by atoms with Crippen LogP contribution in [0.15, 0.2) is 30.5 Å². The first-order valence-electron chi connectivity index (χ1n) is 10.7. The van der Waals surface area contributed by atoms with Gasteiger partial charge in [0.1, 0.15) is 12.4 Å². The molecule has 0 aliphatic carbocycles. The summed E-state index contributed by atoms with van der Waals surface area (Å²) in [4.78, 5) is 11.3. The minimum atomic E-state index is -0.668. The highest BCUT2D eigenvalue weighted by atomic mass is 19.1. The van der Waals surface area contributed by atoms with E-state index >= 15 is 0 Å². The molecule has 2 atom stereocenters. The van der Waals surface area contributed by atoms with Gasteiger partial charge >= 0.3 is 0 Å². The van der Waals surface area contributed by atoms with Crippen LogP contribution in [0.5, 0.6) is 5.75 Å². The van der Waals surface area contributed by atoms with Crippen LogP contribution >= 0.6 is 0 Å². The lowest BCUT2D eigenvalue weighted by Crippen LogP contribution is -2.39. The van der Waals surface area contributed by atoms with E-state index in [4.69, 9.17) is 4.74 Å². The zero-order valence-corrected chi connectivity index (χ0v) is 17.2. The van der Waals surface area contributed by atoms with Gasteiger partial charge in [-0.15, -0.1) is 0 Å². The molecule has 0 amide bonds. The van der Waals surface area contributed by atoms with E-state index in [1.54, 1.807) is 13.3 Å². The Hall–Kier alpha value is -2.51. The molecule has 7 heteroatoms. The maximum absolute atomic E-state index is 13.3. The van der Waals surface area contributed by atoms with Gasteiger partial charge in [0, 0.05) is 30.3 Å². The first-order chi connectivity index (χ1) is 14.7. The largest absolute Gasteiger partial charge is 0.497 e. The number of hydrogen-bond donors (Lipinski definition) is 1. The number of aliphatic hydroxyl groups is 1. The van der Waals surface area contributed by atoms with Gasteiger partial charge in [-0.2, -0.15) is 0 Å². The van der Waals surface area contributed by atoms with Crippen molar-refractivity contribution in [2.45, 2.75) is 51.0 Å². The van der Waals surface area contributed by atoms with Crippen molar-refractivity contribution in [1.29, 1.82) is 0 Å². The average Bonchev–Trinajstić information content (AvgIpc) is 3.12. The van der Waals surface area contributed by atoms with Crippen molar-refractivity contribution in [2.75, 3.05) is 20.2 Å². The van der Waals surface area contributed by atoms with Crippen molar-refractivity contribution in [3.63, 3.8) is 0 Å². The monoisotopic (exact) mass is 410 g/mol. The van der Waals surface area contributed by atoms with Crippen LogP contribution in [0.4, 0.5) is 4.39 Å². The van der Waals surface area contributed by atoms with E-state index in [-0.39, 0.29) is 5.82 Å². The van der Waals surface area contributed by atoms with Crippen molar-refractivity contribution in [1.82, 2.24) is 19.4 Å². The van der Waals surface area contributed by atoms with E-state index in [1.165, 1.54) is 24.1 Å². The first kappa shape index (κ1) is 19.5. The van der Waals surface area contributed by atoms with Crippen LogP contribution in [0.25, 0.3) is 11.0 Å². The summed E-state index contributed by atoms with van der Waals surface area (Å²) in [6.07, 6.45) is 5.49. The number of aromatic nitrogens is 3. The second-order valence-corrected chi connectivity index (χ2v) is 8.21. The lowest BCUT2D eigenvalue weighted by Gasteiger charge is -2.39. The highest BCUT2D eigenvalue weighted by Gasteiger charge is 2.35. The number of piperidine rings is 1. The fourth-order valence-corrected chi connectivity index (χ4v) is 5.07. The molecule has 0 spiro atoms. The first-order valence-corrected chi connectivity index (χ1v) is 10.7. The molecule has 0 radical (unpaired) electrons. The summed E-state index contributed by atoms with van der Waals surface area (Å²) in [7, 11) is 1.63. The van der Waals surface area contributed by atoms with Crippen molar-refractivity contribution < 1.29 is 14.2 Å². The summed E-state index contributed by atoms with van der Waals surface area (Å²) < 4.78 is 20.7. The molecule has 30 heavy (non-hydrogen) atoms. The second kappa shape index (κ2) is 7.96. The van der Waals surface area contributed by atoms with Crippen molar-refractivity contribution in [2.24, 2.45) is 0 Å². The zero-order valence-electron chi connectivity index (χ0n) is 17.2. The number of methoxy groups -OCH3 is 1. The van der Waals surface area contributed by atoms with Gasteiger partial charge in [-0.25, -0.2) is 14.4 Å². The van der Waals surface area contributed by atoms with Gasteiger partial charge in [0.05, 0.1) is 37.0 Å². The number of nitrogens with zero attached hydrogens (tertiary/aromatic N) is 4. The minimum Gasteiger partial charge on any atom is -0.497 e. The Morgan fingerprint density at radius 3 is 2.83 bits per heavy atom. The summed E-state index contributed by atoms with van der Waals surface area (Å²) in [5.41, 5.74) is 5.01. The Morgan fingerprint density at radius 1 is 1.23 bits per heavy atom. The SMILES string of the molecule is COc1ccc(C(O)Cn2c3c(c4nc(CF)ncc42)C2CCCCN2CC3)cc1. The average molecular weight is 410 g/mol. The predicted molar refractivity (Wildman–Crippen MR) is 112 cm³/mol. The van der Waals surface area contributed by atoms with Crippen LogP contribution in [-0.4, -0.2) is 44.7 Å². The van der Waals surface area contributed by atoms with E-state index in [9.17, 15) is 9.50 Å². The number of hydrogen-bond acceptors (Lipinski definition) is 5. The molecule has 4 heterocycles. The summed E-state index contributed by atoms with van der Waals surface area (Å²) in [5, 5.41) is 11.0. The van der Waals surface area contributed by atoms with Crippen LogP contribution in [-0.2, 0) is 19.6 Å². The smallest absolute Gasteiger partial charge is 0.160 e. The molecule has 2 unspecified atom stereocenters. The topological polar surface area (TPSA) is 63.4 Å². The van der Waals surface area contributed by atoms with Crippen molar-refractivity contribution in [3.05, 3.63) is 53.1 Å². The minimum absolute atomic E-state index is 0.228. The summed E-state index contributed by atoms with van der Waals surface area (Å²) >= 11 is 0. The van der Waals surface area contributed by atoms with E-state index in [1.807, 2.05) is 24.3 Å². The third-order valence-corrected chi connectivity index (χ3v) is 6.56. The van der Waals surface area contributed by atoms with Crippen LogP contribution in [0.3, 0.4) is 0 Å². The number of rotatable bonds is 5. The molecule has 2 aromatic heterocycles. The predicted octanol–water partition coefficient (Wildman–Crippen LogP) is 3.73. The molecule has 0 saturated carbocycles. The van der Waals surface area contributed by atoms with Gasteiger partial charge in [-0.3, -0.25) is 4.90 Å². The fraction of sp³-hybridized carbons (Fsp3) is 0.478. The molecule has 0 bridgehead atoms. The Labute approximate surface area is 175 Å². The Morgan fingerprint density at radius 2 is 2.07 bits per heavy atom. The van der Waals surface area contributed by atoms with Crippen molar-refractivity contribution in [3.8, 4) is 5.75 Å². The van der Waals surface area contributed by atoms with Gasteiger partial charge in [0.25, 0.3) is 0 Å². The Kier molecular flexibility index (Phi) is 5.16. The summed E-state index contributed by atoms with van der Waals surface area (Å²) in [6.45, 7) is 1.87. The Bertz CT molecular complexity index is 1050. The fourth-order valence-electron chi connectivity index (χ4n) is 5.07. The number of halogens is 1. The lowest BCUT2D eigenvalue weighted by molar-refractivity contribution is 0.133. The Balaban J connectivity index is 1.57. The number of alkyl halides is 1. The summed E-state index contributed by atoms with van der Waals surface area (Å²) in [5.74, 6) is 0.991. The maximum atomic E-state index is 13.3. The normalized spacial score (nSPS) is 20.0. The quantitative estimate of drug-likeness (QED) is 0.695. The molecule has 3 aromatic rings. The number of ether oxygens (including phenoxy) is 1. The van der Waals surface area contributed by atoms with E-state index in [2.05, 4.69) is 19.4 Å². The lowest BCUT2D eigenvalue weighted by atomic mass is 9.90. The van der Waals surface area contributed by atoms with Crippen LogP contribution in [0.2, 0.25) is 0 Å². The van der Waals surface area contributed by atoms with Crippen molar-refractivity contribution >= 4 is 11.0 Å². The highest BCUT2D eigenvalue weighted by molar-refractivity contribution is 5.82. The van der Waals surface area contributed by atoms with E-state index < -0.39 is 12.8 Å². The standard InChI is InChI=1S/C23H27FN4O2/c1-30-16-7-5-15(6-8-16)20(29)14-28-18-9-11-27-10-3-2-4-17(27)22(18)23-19(28)13-25-21(12-24)26-23/h5-8,13,17,20,29H,2-4,9-12,14H2,1H3. The summed E-state index contributed by atoms with van der Waals surface area (Å²) in [6, 6.07) is 7.83. The van der Waals surface area contributed by atoms with Gasteiger partial charge in [-0.1, -0.05) is 18.6 Å². The number of aliphatic hydroxyl groups excluding tert-OH is 1. The van der Waals surface area contributed by atoms with Crippen LogP contribution in [0, 0.1) is 0 Å². The van der Waals surface area contributed by atoms with Gasteiger partial charge in [0.15, 0.2) is 5.82 Å². The highest BCUT2D eigenvalue weighted by Crippen LogP contribution is 2.42. The van der Waals surface area contributed by atoms with Gasteiger partial charge in [-0.05, 0) is 37.1 Å².